The van der Waals surface area contributed by atoms with Crippen molar-refractivity contribution < 1.29 is 0 Å². The minimum Gasteiger partial charge on any atom is -0.365 e. The molecule has 1 aromatic rings. The second-order valence-corrected chi connectivity index (χ2v) is 5.01. The first-order valence-corrected chi connectivity index (χ1v) is 6.59. The van der Waals surface area contributed by atoms with E-state index in [0.717, 1.165) is 12.8 Å². The molecule has 0 saturated heterocycles. The first-order chi connectivity index (χ1) is 8.54. The van der Waals surface area contributed by atoms with E-state index < -0.39 is 0 Å². The standard InChI is InChI=1S/C13H24N4O/c1-4-11(14)5-6-15-12-13(18)17(8-7-16-12)9-10(2)3/h7-8,10-11H,4-6,9,14H2,1-3H3,(H,15,16). The van der Waals surface area contributed by atoms with Gasteiger partial charge in [0, 0.05) is 31.5 Å². The van der Waals surface area contributed by atoms with Gasteiger partial charge in [0.2, 0.25) is 0 Å². The van der Waals surface area contributed by atoms with Crippen LogP contribution in [0.1, 0.15) is 33.6 Å². The van der Waals surface area contributed by atoms with Crippen molar-refractivity contribution in [2.24, 2.45) is 11.7 Å². The van der Waals surface area contributed by atoms with Gasteiger partial charge >= 0.3 is 0 Å². The Balaban J connectivity index is 2.63. The van der Waals surface area contributed by atoms with Gasteiger partial charge in [-0.2, -0.15) is 0 Å². The third-order valence-corrected chi connectivity index (χ3v) is 2.81. The molecule has 3 N–H and O–H groups in total. The molecule has 1 aromatic heterocycles. The Bertz CT molecular complexity index is 414. The average Bonchev–Trinajstić information content (AvgIpc) is 2.33. The van der Waals surface area contributed by atoms with Crippen LogP contribution in [-0.4, -0.2) is 22.1 Å². The van der Waals surface area contributed by atoms with E-state index >= 15 is 0 Å². The van der Waals surface area contributed by atoms with Crippen LogP contribution >= 0.6 is 0 Å². The van der Waals surface area contributed by atoms with Gasteiger partial charge in [-0.25, -0.2) is 4.98 Å². The van der Waals surface area contributed by atoms with Crippen LogP contribution in [0.3, 0.4) is 0 Å². The minimum atomic E-state index is -0.0590. The van der Waals surface area contributed by atoms with E-state index in [1.54, 1.807) is 17.0 Å². The second-order valence-electron chi connectivity index (χ2n) is 5.01. The second kappa shape index (κ2) is 7.16. The van der Waals surface area contributed by atoms with Gasteiger partial charge in [0.15, 0.2) is 5.82 Å². The Hall–Kier alpha value is -1.36. The molecule has 18 heavy (non-hydrogen) atoms. The van der Waals surface area contributed by atoms with Gasteiger partial charge in [-0.05, 0) is 18.8 Å². The summed E-state index contributed by atoms with van der Waals surface area (Å²) >= 11 is 0. The molecule has 0 aliphatic rings. The summed E-state index contributed by atoms with van der Waals surface area (Å²) in [6.45, 7) is 7.62. The van der Waals surface area contributed by atoms with Crippen LogP contribution in [0.25, 0.3) is 0 Å². The molecule has 1 heterocycles. The van der Waals surface area contributed by atoms with Crippen molar-refractivity contribution in [3.63, 3.8) is 0 Å². The number of nitrogens with one attached hydrogen (secondary N) is 1. The normalized spacial score (nSPS) is 12.7. The van der Waals surface area contributed by atoms with Crippen LogP contribution in [0, 0.1) is 5.92 Å². The molecular formula is C13H24N4O. The summed E-state index contributed by atoms with van der Waals surface area (Å²) in [6, 6.07) is 0.180. The highest BCUT2D eigenvalue weighted by Gasteiger charge is 2.06. The van der Waals surface area contributed by atoms with Crippen LogP contribution in [0.5, 0.6) is 0 Å². The molecule has 0 aromatic carbocycles. The molecule has 1 unspecified atom stereocenters. The van der Waals surface area contributed by atoms with Crippen molar-refractivity contribution in [2.75, 3.05) is 11.9 Å². The largest absolute Gasteiger partial charge is 0.365 e. The average molecular weight is 252 g/mol. The van der Waals surface area contributed by atoms with Crippen LogP contribution in [-0.2, 0) is 6.54 Å². The quantitative estimate of drug-likeness (QED) is 0.770. The van der Waals surface area contributed by atoms with Crippen molar-refractivity contribution in [1.29, 1.82) is 0 Å². The van der Waals surface area contributed by atoms with Gasteiger partial charge in [-0.15, -0.1) is 0 Å². The molecule has 1 rings (SSSR count). The van der Waals surface area contributed by atoms with Crippen LogP contribution in [0.15, 0.2) is 17.2 Å². The fourth-order valence-corrected chi connectivity index (χ4v) is 1.69. The Morgan fingerprint density at radius 3 is 2.83 bits per heavy atom. The Morgan fingerprint density at radius 1 is 1.50 bits per heavy atom. The predicted molar refractivity (Wildman–Crippen MR) is 74.7 cm³/mol. The van der Waals surface area contributed by atoms with Gasteiger partial charge in [0.05, 0.1) is 0 Å². The van der Waals surface area contributed by atoms with Crippen molar-refractivity contribution in [3.05, 3.63) is 22.7 Å². The van der Waals surface area contributed by atoms with E-state index in [2.05, 4.69) is 31.1 Å². The molecule has 0 radical (unpaired) electrons. The highest BCUT2D eigenvalue weighted by molar-refractivity contribution is 5.30. The van der Waals surface area contributed by atoms with Gasteiger partial charge in [-0.3, -0.25) is 4.79 Å². The molecular weight excluding hydrogens is 228 g/mol. The summed E-state index contributed by atoms with van der Waals surface area (Å²) in [7, 11) is 0. The molecule has 0 bridgehead atoms. The first kappa shape index (κ1) is 14.7. The highest BCUT2D eigenvalue weighted by atomic mass is 16.1. The molecule has 102 valence electrons. The van der Waals surface area contributed by atoms with Gasteiger partial charge in [0.25, 0.3) is 5.56 Å². The summed E-state index contributed by atoms with van der Waals surface area (Å²) in [5.74, 6) is 0.855. The zero-order valence-corrected chi connectivity index (χ0v) is 11.5. The summed E-state index contributed by atoms with van der Waals surface area (Å²) in [5, 5.41) is 3.07. The van der Waals surface area contributed by atoms with Gasteiger partial charge in [-0.1, -0.05) is 20.8 Å². The Kier molecular flexibility index (Phi) is 5.85. The van der Waals surface area contributed by atoms with Crippen molar-refractivity contribution in [2.45, 2.75) is 46.2 Å². The van der Waals surface area contributed by atoms with E-state index in [0.29, 0.717) is 24.8 Å². The third kappa shape index (κ3) is 4.49. The summed E-state index contributed by atoms with van der Waals surface area (Å²) in [6.07, 6.45) is 5.18. The lowest BCUT2D eigenvalue weighted by atomic mass is 10.2. The summed E-state index contributed by atoms with van der Waals surface area (Å²) in [4.78, 5) is 16.1. The zero-order valence-electron chi connectivity index (χ0n) is 11.5. The Morgan fingerprint density at radius 2 is 2.22 bits per heavy atom. The number of nitrogens with zero attached hydrogens (tertiary/aromatic N) is 2. The first-order valence-electron chi connectivity index (χ1n) is 6.59. The van der Waals surface area contributed by atoms with E-state index in [9.17, 15) is 4.79 Å². The number of hydrogen-bond donors (Lipinski definition) is 2. The topological polar surface area (TPSA) is 72.9 Å². The number of rotatable bonds is 7. The molecule has 1 atom stereocenters. The maximum absolute atomic E-state index is 12.1. The van der Waals surface area contributed by atoms with Gasteiger partial charge < -0.3 is 15.6 Å². The van der Waals surface area contributed by atoms with E-state index in [-0.39, 0.29) is 11.6 Å². The fourth-order valence-electron chi connectivity index (χ4n) is 1.69. The molecule has 0 spiro atoms. The van der Waals surface area contributed by atoms with E-state index in [1.165, 1.54) is 0 Å². The van der Waals surface area contributed by atoms with Gasteiger partial charge in [0.1, 0.15) is 0 Å². The Labute approximate surface area is 108 Å². The lowest BCUT2D eigenvalue weighted by molar-refractivity contribution is 0.509. The van der Waals surface area contributed by atoms with Crippen LogP contribution in [0.2, 0.25) is 0 Å². The lowest BCUT2D eigenvalue weighted by Crippen LogP contribution is -2.28. The minimum absolute atomic E-state index is 0.0590. The molecule has 0 fully saturated rings. The fraction of sp³-hybridized carbons (Fsp3) is 0.692. The zero-order chi connectivity index (χ0) is 13.5. The summed E-state index contributed by atoms with van der Waals surface area (Å²) in [5.41, 5.74) is 5.77. The molecule has 0 saturated carbocycles. The molecule has 0 aliphatic carbocycles. The molecule has 0 amide bonds. The SMILES string of the molecule is CCC(N)CCNc1nccn(CC(C)C)c1=O. The smallest absolute Gasteiger partial charge is 0.293 e. The molecule has 0 aliphatic heterocycles. The maximum atomic E-state index is 12.1. The van der Waals surface area contributed by atoms with Crippen LogP contribution in [0.4, 0.5) is 5.82 Å². The third-order valence-electron chi connectivity index (χ3n) is 2.81. The van der Waals surface area contributed by atoms with Crippen molar-refractivity contribution >= 4 is 5.82 Å². The summed E-state index contributed by atoms with van der Waals surface area (Å²) < 4.78 is 1.69. The monoisotopic (exact) mass is 252 g/mol. The number of hydrogen-bond acceptors (Lipinski definition) is 4. The highest BCUT2D eigenvalue weighted by Crippen LogP contribution is 2.00. The predicted octanol–water partition coefficient (Wildman–Crippen LogP) is 1.44. The lowest BCUT2D eigenvalue weighted by Gasteiger charge is -2.12. The number of nitrogens with two attached hydrogens (primary N) is 1. The molecule has 5 nitrogen and oxygen atoms in total. The van der Waals surface area contributed by atoms with E-state index in [1.807, 2.05) is 0 Å². The maximum Gasteiger partial charge on any atom is 0.293 e. The van der Waals surface area contributed by atoms with Crippen molar-refractivity contribution in [1.82, 2.24) is 9.55 Å². The van der Waals surface area contributed by atoms with Crippen molar-refractivity contribution in [3.8, 4) is 0 Å². The number of anilines is 1. The molecule has 5 heteroatoms. The van der Waals surface area contributed by atoms with E-state index in [4.69, 9.17) is 5.73 Å². The number of aromatic nitrogens is 2. The van der Waals surface area contributed by atoms with Crippen LogP contribution < -0.4 is 16.6 Å².